The average molecular weight is 223 g/mol. The van der Waals surface area contributed by atoms with Gasteiger partial charge in [-0.3, -0.25) is 0 Å². The van der Waals surface area contributed by atoms with Gasteiger partial charge >= 0.3 is 0 Å². The highest BCUT2D eigenvalue weighted by atomic mass is 35.5. The molecule has 0 fully saturated rings. The lowest BCUT2D eigenvalue weighted by atomic mass is 10.4. The van der Waals surface area contributed by atoms with Crippen LogP contribution in [-0.2, 0) is 0 Å². The molecule has 0 atom stereocenters. The molecule has 0 bridgehead atoms. The fraction of sp³-hybridized carbons (Fsp3) is 0. The van der Waals surface area contributed by atoms with Gasteiger partial charge in [-0.1, -0.05) is 17.7 Å². The summed E-state index contributed by atoms with van der Waals surface area (Å²) in [7, 11) is 0. The molecule has 0 saturated carbocycles. The van der Waals surface area contributed by atoms with Crippen LogP contribution in [0, 0.1) is 0 Å². The zero-order valence-corrected chi connectivity index (χ0v) is 8.79. The lowest BCUT2D eigenvalue weighted by Crippen LogP contribution is -1.82. The van der Waals surface area contributed by atoms with E-state index in [0.717, 1.165) is 15.1 Å². The Morgan fingerprint density at radius 2 is 1.86 bits per heavy atom. The summed E-state index contributed by atoms with van der Waals surface area (Å²) in [6, 6.07) is 9.42. The Labute approximate surface area is 91.4 Å². The molecule has 0 spiro atoms. The first-order valence-corrected chi connectivity index (χ1v) is 5.24. The lowest BCUT2D eigenvalue weighted by Gasteiger charge is -1.98. The van der Waals surface area contributed by atoms with Crippen molar-refractivity contribution in [2.45, 2.75) is 10.1 Å². The molecule has 1 aromatic heterocycles. The normalized spacial score (nSPS) is 10.1. The van der Waals surface area contributed by atoms with Gasteiger partial charge in [0, 0.05) is 22.3 Å². The van der Waals surface area contributed by atoms with Gasteiger partial charge in [0.15, 0.2) is 5.16 Å². The fourth-order valence-electron chi connectivity index (χ4n) is 0.974. The molecular formula is C10H7ClN2S. The van der Waals surface area contributed by atoms with E-state index in [4.69, 9.17) is 11.6 Å². The first-order chi connectivity index (χ1) is 6.84. The predicted molar refractivity (Wildman–Crippen MR) is 57.6 cm³/mol. The Balaban J connectivity index is 2.19. The van der Waals surface area contributed by atoms with Gasteiger partial charge in [0.05, 0.1) is 0 Å². The summed E-state index contributed by atoms with van der Waals surface area (Å²) < 4.78 is 0. The van der Waals surface area contributed by atoms with Crippen LogP contribution in [0.3, 0.4) is 0 Å². The van der Waals surface area contributed by atoms with Crippen LogP contribution in [0.15, 0.2) is 52.8 Å². The summed E-state index contributed by atoms with van der Waals surface area (Å²) in [5.74, 6) is 0. The molecule has 4 heteroatoms. The van der Waals surface area contributed by atoms with Crippen LogP contribution < -0.4 is 0 Å². The Morgan fingerprint density at radius 3 is 2.57 bits per heavy atom. The molecule has 0 saturated heterocycles. The minimum absolute atomic E-state index is 0.728. The molecule has 2 aromatic rings. The summed E-state index contributed by atoms with van der Waals surface area (Å²) >= 11 is 7.35. The number of hydrogen-bond acceptors (Lipinski definition) is 3. The topological polar surface area (TPSA) is 25.8 Å². The minimum atomic E-state index is 0.728. The molecule has 2 rings (SSSR count). The largest absolute Gasteiger partial charge is 0.231 e. The van der Waals surface area contributed by atoms with Crippen molar-refractivity contribution in [2.75, 3.05) is 0 Å². The molecule has 0 radical (unpaired) electrons. The molecule has 0 N–H and O–H groups in total. The highest BCUT2D eigenvalue weighted by Gasteiger charge is 1.98. The molecule has 0 amide bonds. The van der Waals surface area contributed by atoms with Gasteiger partial charge in [-0.15, -0.1) is 0 Å². The molecule has 2 nitrogen and oxygen atoms in total. The smallest absolute Gasteiger partial charge is 0.192 e. The Morgan fingerprint density at radius 1 is 1.07 bits per heavy atom. The van der Waals surface area contributed by atoms with Gasteiger partial charge in [-0.2, -0.15) is 0 Å². The van der Waals surface area contributed by atoms with Gasteiger partial charge < -0.3 is 0 Å². The summed E-state index contributed by atoms with van der Waals surface area (Å²) in [4.78, 5) is 9.27. The second kappa shape index (κ2) is 4.44. The first-order valence-electron chi connectivity index (χ1n) is 4.05. The zero-order chi connectivity index (χ0) is 9.80. The molecular weight excluding hydrogens is 216 g/mol. The number of benzene rings is 1. The second-order valence-corrected chi connectivity index (χ2v) is 4.07. The van der Waals surface area contributed by atoms with Crippen LogP contribution in [0.5, 0.6) is 0 Å². The van der Waals surface area contributed by atoms with Crippen LogP contribution in [0.25, 0.3) is 0 Å². The van der Waals surface area contributed by atoms with Gasteiger partial charge in [0.1, 0.15) is 0 Å². The number of hydrogen-bond donors (Lipinski definition) is 0. The molecule has 1 aromatic carbocycles. The van der Waals surface area contributed by atoms with Crippen molar-refractivity contribution in [3.8, 4) is 0 Å². The van der Waals surface area contributed by atoms with Gasteiger partial charge in [0.25, 0.3) is 0 Å². The van der Waals surface area contributed by atoms with Crippen molar-refractivity contribution < 1.29 is 0 Å². The molecule has 0 aliphatic rings. The summed E-state index contributed by atoms with van der Waals surface area (Å²) in [5.41, 5.74) is 0. The van der Waals surface area contributed by atoms with Gasteiger partial charge in [-0.05, 0) is 36.0 Å². The SMILES string of the molecule is Clc1cccc(Sc2ncccn2)c1. The van der Waals surface area contributed by atoms with E-state index in [0.29, 0.717) is 0 Å². The standard InChI is InChI=1S/C10H7ClN2S/c11-8-3-1-4-9(7-8)14-10-12-5-2-6-13-10/h1-7H. The maximum Gasteiger partial charge on any atom is 0.192 e. The van der Waals surface area contributed by atoms with Crippen LogP contribution in [0.1, 0.15) is 0 Å². The van der Waals surface area contributed by atoms with E-state index in [1.54, 1.807) is 18.5 Å². The second-order valence-electron chi connectivity index (χ2n) is 2.59. The van der Waals surface area contributed by atoms with E-state index in [2.05, 4.69) is 9.97 Å². The van der Waals surface area contributed by atoms with Crippen LogP contribution >= 0.6 is 23.4 Å². The predicted octanol–water partition coefficient (Wildman–Crippen LogP) is 3.28. The average Bonchev–Trinajstić information content (AvgIpc) is 2.19. The maximum atomic E-state index is 5.86. The summed E-state index contributed by atoms with van der Waals surface area (Å²) in [5, 5.41) is 1.46. The Bertz CT molecular complexity index is 419. The highest BCUT2D eigenvalue weighted by Crippen LogP contribution is 2.25. The number of nitrogens with zero attached hydrogens (tertiary/aromatic N) is 2. The Hall–Kier alpha value is -1.06. The molecule has 0 aliphatic carbocycles. The highest BCUT2D eigenvalue weighted by molar-refractivity contribution is 7.99. The van der Waals surface area contributed by atoms with Crippen LogP contribution in [-0.4, -0.2) is 9.97 Å². The van der Waals surface area contributed by atoms with Crippen molar-refractivity contribution in [3.63, 3.8) is 0 Å². The van der Waals surface area contributed by atoms with Crippen molar-refractivity contribution >= 4 is 23.4 Å². The van der Waals surface area contributed by atoms with Crippen molar-refractivity contribution in [3.05, 3.63) is 47.7 Å². The first kappa shape index (κ1) is 9.49. The van der Waals surface area contributed by atoms with E-state index in [1.807, 2.05) is 24.3 Å². The van der Waals surface area contributed by atoms with E-state index in [9.17, 15) is 0 Å². The lowest BCUT2D eigenvalue weighted by molar-refractivity contribution is 0.967. The van der Waals surface area contributed by atoms with Crippen LogP contribution in [0.4, 0.5) is 0 Å². The molecule has 70 valence electrons. The maximum absolute atomic E-state index is 5.86. The third kappa shape index (κ3) is 2.47. The molecule has 1 heterocycles. The van der Waals surface area contributed by atoms with Crippen molar-refractivity contribution in [1.29, 1.82) is 0 Å². The number of rotatable bonds is 2. The molecule has 0 unspecified atom stereocenters. The monoisotopic (exact) mass is 222 g/mol. The van der Waals surface area contributed by atoms with Gasteiger partial charge in [-0.25, -0.2) is 9.97 Å². The third-order valence-corrected chi connectivity index (χ3v) is 2.67. The third-order valence-electron chi connectivity index (χ3n) is 1.55. The number of aromatic nitrogens is 2. The number of halogens is 1. The summed E-state index contributed by atoms with van der Waals surface area (Å²) in [6.07, 6.45) is 3.44. The zero-order valence-electron chi connectivity index (χ0n) is 7.22. The van der Waals surface area contributed by atoms with Gasteiger partial charge in [0.2, 0.25) is 0 Å². The Kier molecular flexibility index (Phi) is 3.01. The molecule has 0 aliphatic heterocycles. The molecule has 14 heavy (non-hydrogen) atoms. The van der Waals surface area contributed by atoms with E-state index in [-0.39, 0.29) is 0 Å². The quantitative estimate of drug-likeness (QED) is 0.730. The fourth-order valence-corrected chi connectivity index (χ4v) is 2.00. The van der Waals surface area contributed by atoms with E-state index in [1.165, 1.54) is 11.8 Å². The van der Waals surface area contributed by atoms with Crippen molar-refractivity contribution in [1.82, 2.24) is 9.97 Å². The summed E-state index contributed by atoms with van der Waals surface area (Å²) in [6.45, 7) is 0. The van der Waals surface area contributed by atoms with E-state index < -0.39 is 0 Å². The van der Waals surface area contributed by atoms with Crippen molar-refractivity contribution in [2.24, 2.45) is 0 Å². The minimum Gasteiger partial charge on any atom is -0.231 e. The van der Waals surface area contributed by atoms with E-state index >= 15 is 0 Å². The van der Waals surface area contributed by atoms with Crippen LogP contribution in [0.2, 0.25) is 5.02 Å².